The Kier molecular flexibility index (Phi) is 57.1. The number of esters is 3. The lowest BCUT2D eigenvalue weighted by atomic mass is 10.0. The van der Waals surface area contributed by atoms with Crippen LogP contribution in [-0.2, 0) is 28.6 Å². The zero-order valence-corrected chi connectivity index (χ0v) is 46.9. The average Bonchev–Trinajstić information content (AvgIpc) is 3.35. The summed E-state index contributed by atoms with van der Waals surface area (Å²) >= 11 is 0. The Morgan fingerprint density at radius 2 is 0.493 bits per heavy atom. The van der Waals surface area contributed by atoms with Gasteiger partial charge < -0.3 is 14.2 Å². The Morgan fingerprint density at radius 1 is 0.275 bits per heavy atom. The van der Waals surface area contributed by atoms with Crippen LogP contribution in [0.15, 0.2) is 12.2 Å². The molecular formula is C63H120O6. The summed E-state index contributed by atoms with van der Waals surface area (Å²) in [4.78, 5) is 38.2. The molecule has 0 aliphatic heterocycles. The third-order valence-electron chi connectivity index (χ3n) is 14.3. The molecule has 0 spiro atoms. The van der Waals surface area contributed by atoms with E-state index in [1.807, 2.05) is 0 Å². The van der Waals surface area contributed by atoms with Crippen LogP contribution in [0.4, 0.5) is 0 Å². The number of unbranched alkanes of at least 4 members (excludes halogenated alkanes) is 45. The Labute approximate surface area is 431 Å². The molecule has 6 nitrogen and oxygen atoms in total. The maximum absolute atomic E-state index is 12.9. The van der Waals surface area contributed by atoms with Crippen LogP contribution in [-0.4, -0.2) is 37.2 Å². The van der Waals surface area contributed by atoms with E-state index in [-0.39, 0.29) is 31.1 Å². The van der Waals surface area contributed by atoms with E-state index in [9.17, 15) is 14.4 Å². The van der Waals surface area contributed by atoms with E-state index < -0.39 is 6.10 Å². The van der Waals surface area contributed by atoms with Gasteiger partial charge in [0.25, 0.3) is 0 Å². The molecular weight excluding hydrogens is 853 g/mol. The largest absolute Gasteiger partial charge is 0.462 e. The molecule has 0 amide bonds. The number of rotatable bonds is 58. The molecule has 6 heteroatoms. The Morgan fingerprint density at radius 3 is 0.768 bits per heavy atom. The van der Waals surface area contributed by atoms with Crippen molar-refractivity contribution in [3.63, 3.8) is 0 Å². The minimum Gasteiger partial charge on any atom is -0.462 e. The first kappa shape index (κ1) is 67.1. The molecule has 0 N–H and O–H groups in total. The van der Waals surface area contributed by atoms with Gasteiger partial charge in [-0.25, -0.2) is 0 Å². The first-order valence-electron chi connectivity index (χ1n) is 31.2. The summed E-state index contributed by atoms with van der Waals surface area (Å²) in [5.41, 5.74) is 0. The fourth-order valence-electron chi connectivity index (χ4n) is 9.55. The molecule has 1 atom stereocenters. The predicted molar refractivity (Wildman–Crippen MR) is 298 cm³/mol. The van der Waals surface area contributed by atoms with Crippen molar-refractivity contribution in [1.29, 1.82) is 0 Å². The third kappa shape index (κ3) is 56.9. The second-order valence-electron chi connectivity index (χ2n) is 21.3. The summed E-state index contributed by atoms with van der Waals surface area (Å²) in [6, 6.07) is 0. The normalized spacial score (nSPS) is 12.0. The summed E-state index contributed by atoms with van der Waals surface area (Å²) in [6.45, 7) is 6.67. The van der Waals surface area contributed by atoms with Gasteiger partial charge in [0.15, 0.2) is 6.10 Å². The van der Waals surface area contributed by atoms with Crippen molar-refractivity contribution < 1.29 is 28.6 Å². The number of carbonyl (C=O) groups excluding carboxylic acids is 3. The predicted octanol–water partition coefficient (Wildman–Crippen LogP) is 20.9. The number of allylic oxidation sites excluding steroid dienone is 2. The van der Waals surface area contributed by atoms with Crippen LogP contribution >= 0.6 is 0 Å². The van der Waals surface area contributed by atoms with Gasteiger partial charge in [0, 0.05) is 19.3 Å². The summed E-state index contributed by atoms with van der Waals surface area (Å²) in [5.74, 6) is -0.848. The molecule has 69 heavy (non-hydrogen) atoms. The van der Waals surface area contributed by atoms with E-state index in [1.54, 1.807) is 0 Å². The lowest BCUT2D eigenvalue weighted by Crippen LogP contribution is -2.30. The minimum absolute atomic E-state index is 0.0663. The second kappa shape index (κ2) is 58.7. The number of hydrogen-bond donors (Lipinski definition) is 0. The lowest BCUT2D eigenvalue weighted by Gasteiger charge is -2.18. The van der Waals surface area contributed by atoms with Gasteiger partial charge in [-0.05, 0) is 38.5 Å². The molecule has 1 unspecified atom stereocenters. The highest BCUT2D eigenvalue weighted by molar-refractivity contribution is 5.71. The molecule has 0 fully saturated rings. The second-order valence-corrected chi connectivity index (χ2v) is 21.3. The maximum Gasteiger partial charge on any atom is 0.306 e. The van der Waals surface area contributed by atoms with Crippen molar-refractivity contribution in [2.24, 2.45) is 0 Å². The van der Waals surface area contributed by atoms with Gasteiger partial charge in [-0.1, -0.05) is 309 Å². The quantitative estimate of drug-likeness (QED) is 0.0261. The summed E-state index contributed by atoms with van der Waals surface area (Å²) < 4.78 is 16.9. The summed E-state index contributed by atoms with van der Waals surface area (Å²) in [5, 5.41) is 0. The highest BCUT2D eigenvalue weighted by Crippen LogP contribution is 2.18. The van der Waals surface area contributed by atoms with Crippen LogP contribution in [0.3, 0.4) is 0 Å². The average molecular weight is 974 g/mol. The SMILES string of the molecule is CCCC/C=C\CCCCCCCC(=O)OCC(COC(=O)CCCCCCCCCCCCCCCCCCCCCCC)OC(=O)CCCCCCCCCCCCCCCCCCCCC. The highest BCUT2D eigenvalue weighted by Gasteiger charge is 2.19. The van der Waals surface area contributed by atoms with Gasteiger partial charge in [-0.3, -0.25) is 14.4 Å². The van der Waals surface area contributed by atoms with Crippen LogP contribution in [0, 0.1) is 0 Å². The van der Waals surface area contributed by atoms with Gasteiger partial charge in [-0.2, -0.15) is 0 Å². The van der Waals surface area contributed by atoms with Crippen LogP contribution < -0.4 is 0 Å². The molecule has 0 aromatic heterocycles. The topological polar surface area (TPSA) is 78.9 Å². The zero-order valence-electron chi connectivity index (χ0n) is 46.9. The molecule has 408 valence electrons. The maximum atomic E-state index is 12.9. The van der Waals surface area contributed by atoms with Crippen LogP contribution in [0.25, 0.3) is 0 Å². The summed E-state index contributed by atoms with van der Waals surface area (Å²) in [7, 11) is 0. The zero-order chi connectivity index (χ0) is 50.0. The molecule has 0 aliphatic carbocycles. The van der Waals surface area contributed by atoms with Crippen LogP contribution in [0.5, 0.6) is 0 Å². The number of hydrogen-bond acceptors (Lipinski definition) is 6. The molecule has 0 aromatic carbocycles. The van der Waals surface area contributed by atoms with Gasteiger partial charge in [0.1, 0.15) is 13.2 Å². The Balaban J connectivity index is 4.22. The van der Waals surface area contributed by atoms with E-state index in [4.69, 9.17) is 14.2 Å². The molecule has 0 aromatic rings. The van der Waals surface area contributed by atoms with E-state index in [0.717, 1.165) is 64.2 Å². The fourth-order valence-corrected chi connectivity index (χ4v) is 9.55. The Hall–Kier alpha value is -1.85. The molecule has 0 bridgehead atoms. The first-order valence-corrected chi connectivity index (χ1v) is 31.2. The molecule has 0 saturated carbocycles. The van der Waals surface area contributed by atoms with Crippen molar-refractivity contribution in [2.75, 3.05) is 13.2 Å². The van der Waals surface area contributed by atoms with Crippen molar-refractivity contribution in [1.82, 2.24) is 0 Å². The molecule has 0 heterocycles. The number of carbonyl (C=O) groups is 3. The smallest absolute Gasteiger partial charge is 0.306 e. The Bertz CT molecular complexity index is 1070. The summed E-state index contributed by atoms with van der Waals surface area (Å²) in [6.07, 6.45) is 67.9. The van der Waals surface area contributed by atoms with Crippen molar-refractivity contribution in [3.05, 3.63) is 12.2 Å². The van der Waals surface area contributed by atoms with Crippen LogP contribution in [0.1, 0.15) is 355 Å². The first-order chi connectivity index (χ1) is 34.0. The molecule has 0 aliphatic rings. The molecule has 0 saturated heterocycles. The van der Waals surface area contributed by atoms with Gasteiger partial charge in [0.05, 0.1) is 0 Å². The molecule has 0 rings (SSSR count). The standard InChI is InChI=1S/C63H120O6/c1-4-7-10-13-16-19-22-24-26-28-30-31-33-34-36-38-41-44-47-50-53-56-62(65)68-59-60(58-67-61(64)55-52-49-46-43-40-21-18-15-12-9-6-3)69-63(66)57-54-51-48-45-42-39-37-35-32-29-27-25-23-20-17-14-11-8-5-2/h15,18,60H,4-14,16-17,19-59H2,1-3H3/b18-15-. The van der Waals surface area contributed by atoms with Gasteiger partial charge in [0.2, 0.25) is 0 Å². The van der Waals surface area contributed by atoms with Crippen molar-refractivity contribution in [3.8, 4) is 0 Å². The third-order valence-corrected chi connectivity index (χ3v) is 14.3. The highest BCUT2D eigenvalue weighted by atomic mass is 16.6. The van der Waals surface area contributed by atoms with E-state index in [0.29, 0.717) is 19.3 Å². The van der Waals surface area contributed by atoms with E-state index >= 15 is 0 Å². The van der Waals surface area contributed by atoms with Crippen molar-refractivity contribution in [2.45, 2.75) is 361 Å². The number of ether oxygens (including phenoxy) is 3. The van der Waals surface area contributed by atoms with Gasteiger partial charge in [-0.15, -0.1) is 0 Å². The van der Waals surface area contributed by atoms with Crippen LogP contribution in [0.2, 0.25) is 0 Å². The monoisotopic (exact) mass is 973 g/mol. The fraction of sp³-hybridized carbons (Fsp3) is 0.921. The van der Waals surface area contributed by atoms with E-state index in [2.05, 4.69) is 32.9 Å². The van der Waals surface area contributed by atoms with Crippen molar-refractivity contribution >= 4 is 17.9 Å². The van der Waals surface area contributed by atoms with E-state index in [1.165, 1.54) is 250 Å². The molecule has 0 radical (unpaired) electrons. The lowest BCUT2D eigenvalue weighted by molar-refractivity contribution is -0.167. The van der Waals surface area contributed by atoms with Gasteiger partial charge >= 0.3 is 17.9 Å². The minimum atomic E-state index is -0.768.